The fourth-order valence-electron chi connectivity index (χ4n) is 2.59. The van der Waals surface area contributed by atoms with Crippen LogP contribution < -0.4 is 0 Å². The SMILES string of the molecule is CC(/C=C/C=C(\C)C(=O)O)=C\C=C\C=C(C)\C=C\C=C(/C)C(=O)OC1OC(C)CCC1O. The first-order valence-electron chi connectivity index (χ1n) is 10.6. The number of aliphatic hydroxyl groups excluding tert-OH is 1. The van der Waals surface area contributed by atoms with E-state index < -0.39 is 24.3 Å². The van der Waals surface area contributed by atoms with Crippen LogP contribution in [0.4, 0.5) is 0 Å². The van der Waals surface area contributed by atoms with E-state index in [9.17, 15) is 14.7 Å². The Balaban J connectivity index is 2.56. The molecule has 1 saturated heterocycles. The maximum atomic E-state index is 12.2. The maximum absolute atomic E-state index is 12.2. The Labute approximate surface area is 190 Å². The summed E-state index contributed by atoms with van der Waals surface area (Å²) in [6, 6.07) is 0. The van der Waals surface area contributed by atoms with Gasteiger partial charge in [0.25, 0.3) is 0 Å². The van der Waals surface area contributed by atoms with E-state index in [4.69, 9.17) is 14.6 Å². The van der Waals surface area contributed by atoms with Crippen molar-refractivity contribution in [3.8, 4) is 0 Å². The maximum Gasteiger partial charge on any atom is 0.336 e. The van der Waals surface area contributed by atoms with Crippen molar-refractivity contribution in [1.29, 1.82) is 0 Å². The third-order valence-corrected chi connectivity index (χ3v) is 4.67. The lowest BCUT2D eigenvalue weighted by molar-refractivity contribution is -0.230. The first kappa shape index (κ1) is 27.1. The van der Waals surface area contributed by atoms with Gasteiger partial charge in [0.2, 0.25) is 6.29 Å². The predicted molar refractivity (Wildman–Crippen MR) is 126 cm³/mol. The molecule has 1 heterocycles. The highest BCUT2D eigenvalue weighted by Crippen LogP contribution is 2.21. The van der Waals surface area contributed by atoms with Gasteiger partial charge in [-0.15, -0.1) is 0 Å². The van der Waals surface area contributed by atoms with Crippen LogP contribution in [-0.2, 0) is 19.1 Å². The van der Waals surface area contributed by atoms with Crippen LogP contribution in [0, 0.1) is 0 Å². The van der Waals surface area contributed by atoms with Crippen LogP contribution in [0.15, 0.2) is 83.1 Å². The number of hydrogen-bond donors (Lipinski definition) is 2. The Kier molecular flexibility index (Phi) is 12.0. The van der Waals surface area contributed by atoms with Crippen molar-refractivity contribution in [3.05, 3.63) is 83.1 Å². The number of esters is 1. The van der Waals surface area contributed by atoms with E-state index in [2.05, 4.69) is 0 Å². The molecular weight excluding hydrogens is 408 g/mol. The number of allylic oxidation sites excluding steroid dienone is 12. The third kappa shape index (κ3) is 10.9. The lowest BCUT2D eigenvalue weighted by Crippen LogP contribution is -2.41. The second kappa shape index (κ2) is 14.2. The molecule has 2 N–H and O–H groups in total. The molecule has 1 aliphatic rings. The quantitative estimate of drug-likeness (QED) is 0.298. The van der Waals surface area contributed by atoms with Crippen molar-refractivity contribution < 1.29 is 29.3 Å². The smallest absolute Gasteiger partial charge is 0.336 e. The Morgan fingerprint density at radius 1 is 0.844 bits per heavy atom. The Morgan fingerprint density at radius 3 is 1.91 bits per heavy atom. The highest BCUT2D eigenvalue weighted by molar-refractivity contribution is 5.88. The molecule has 174 valence electrons. The molecule has 0 aliphatic carbocycles. The zero-order valence-electron chi connectivity index (χ0n) is 19.4. The standard InChI is InChI=1S/C26H34O6/c1-18(12-8-14-20(3)24(28)29)10-6-7-11-19(2)13-9-15-21(4)25(30)32-26-23(27)17-16-22(5)31-26/h6-15,22-23,26-27H,16-17H2,1-5H3,(H,28,29)/b7-6+,12-8+,13-9+,18-10+,19-11+,20-14+,21-15+. The molecule has 0 aromatic carbocycles. The van der Waals surface area contributed by atoms with Crippen LogP contribution >= 0.6 is 0 Å². The molecule has 0 spiro atoms. The average molecular weight is 443 g/mol. The monoisotopic (exact) mass is 442 g/mol. The van der Waals surface area contributed by atoms with E-state index in [1.807, 2.05) is 57.2 Å². The molecule has 0 aromatic rings. The minimum Gasteiger partial charge on any atom is -0.478 e. The van der Waals surface area contributed by atoms with Crippen molar-refractivity contribution in [2.75, 3.05) is 0 Å². The molecule has 0 amide bonds. The molecule has 3 atom stereocenters. The first-order valence-corrected chi connectivity index (χ1v) is 10.6. The molecular formula is C26H34O6. The largest absolute Gasteiger partial charge is 0.478 e. The van der Waals surface area contributed by atoms with Gasteiger partial charge in [0, 0.05) is 11.1 Å². The highest BCUT2D eigenvalue weighted by atomic mass is 16.7. The predicted octanol–water partition coefficient (Wildman–Crippen LogP) is 4.95. The van der Waals surface area contributed by atoms with Crippen LogP contribution in [0.5, 0.6) is 0 Å². The third-order valence-electron chi connectivity index (χ3n) is 4.67. The van der Waals surface area contributed by atoms with Gasteiger partial charge in [-0.3, -0.25) is 0 Å². The Bertz CT molecular complexity index is 867. The van der Waals surface area contributed by atoms with Gasteiger partial charge in [-0.1, -0.05) is 71.9 Å². The van der Waals surface area contributed by atoms with Crippen LogP contribution in [0.1, 0.15) is 47.5 Å². The molecule has 1 aliphatic heterocycles. The van der Waals surface area contributed by atoms with Crippen LogP contribution in [-0.4, -0.2) is 40.6 Å². The van der Waals surface area contributed by atoms with Crippen molar-refractivity contribution in [2.24, 2.45) is 0 Å². The van der Waals surface area contributed by atoms with E-state index in [0.717, 1.165) is 17.6 Å². The zero-order chi connectivity index (χ0) is 24.1. The molecule has 32 heavy (non-hydrogen) atoms. The first-order chi connectivity index (χ1) is 15.1. The summed E-state index contributed by atoms with van der Waals surface area (Å²) in [6.07, 6.45) is 17.5. The second-order valence-electron chi connectivity index (χ2n) is 7.79. The molecule has 3 unspecified atom stereocenters. The summed E-state index contributed by atoms with van der Waals surface area (Å²) in [5.74, 6) is -1.45. The van der Waals surface area contributed by atoms with E-state index >= 15 is 0 Å². The number of carbonyl (C=O) groups excluding carboxylic acids is 1. The van der Waals surface area contributed by atoms with Gasteiger partial charge < -0.3 is 19.7 Å². The average Bonchev–Trinajstić information content (AvgIpc) is 2.73. The minimum atomic E-state index is -0.932. The van der Waals surface area contributed by atoms with Crippen molar-refractivity contribution in [3.63, 3.8) is 0 Å². The van der Waals surface area contributed by atoms with Crippen LogP contribution in [0.25, 0.3) is 0 Å². The van der Waals surface area contributed by atoms with Gasteiger partial charge in [0.15, 0.2) is 0 Å². The number of carboxylic acids is 1. The van der Waals surface area contributed by atoms with Crippen molar-refractivity contribution >= 4 is 11.9 Å². The number of carbonyl (C=O) groups is 2. The fraction of sp³-hybridized carbons (Fsp3) is 0.385. The van der Waals surface area contributed by atoms with Crippen LogP contribution in [0.3, 0.4) is 0 Å². The number of aliphatic carboxylic acids is 1. The molecule has 0 aromatic heterocycles. The fourth-order valence-corrected chi connectivity index (χ4v) is 2.59. The number of hydrogen-bond acceptors (Lipinski definition) is 5. The van der Waals surface area contributed by atoms with Gasteiger partial charge >= 0.3 is 11.9 Å². The Morgan fingerprint density at radius 2 is 1.38 bits per heavy atom. The summed E-state index contributed by atoms with van der Waals surface area (Å²) in [6.45, 7) is 8.94. The number of aliphatic hydroxyl groups is 1. The zero-order valence-corrected chi connectivity index (χ0v) is 19.4. The van der Waals surface area contributed by atoms with Crippen molar-refractivity contribution in [1.82, 2.24) is 0 Å². The summed E-state index contributed by atoms with van der Waals surface area (Å²) in [4.78, 5) is 22.9. The molecule has 6 heteroatoms. The van der Waals surface area contributed by atoms with E-state index in [1.54, 1.807) is 38.2 Å². The highest BCUT2D eigenvalue weighted by Gasteiger charge is 2.31. The number of rotatable bonds is 9. The number of ether oxygens (including phenoxy) is 2. The molecule has 6 nitrogen and oxygen atoms in total. The van der Waals surface area contributed by atoms with Gasteiger partial charge in [-0.25, -0.2) is 9.59 Å². The van der Waals surface area contributed by atoms with Crippen LogP contribution in [0.2, 0.25) is 0 Å². The van der Waals surface area contributed by atoms with Gasteiger partial charge in [0.05, 0.1) is 6.10 Å². The van der Waals surface area contributed by atoms with E-state index in [0.29, 0.717) is 12.0 Å². The number of carboxylic acid groups (broad SMARTS) is 1. The van der Waals surface area contributed by atoms with Gasteiger partial charge in [-0.05, 0) is 47.5 Å². The molecule has 0 saturated carbocycles. The normalized spacial score (nSPS) is 24.0. The molecule has 1 fully saturated rings. The lowest BCUT2D eigenvalue weighted by Gasteiger charge is -2.31. The second-order valence-corrected chi connectivity index (χ2v) is 7.79. The van der Waals surface area contributed by atoms with Gasteiger partial charge in [0.1, 0.15) is 6.10 Å². The van der Waals surface area contributed by atoms with Crippen molar-refractivity contribution in [2.45, 2.75) is 66.0 Å². The molecule has 1 rings (SSSR count). The topological polar surface area (TPSA) is 93.1 Å². The summed E-state index contributed by atoms with van der Waals surface area (Å²) in [5.41, 5.74) is 2.66. The molecule has 0 radical (unpaired) electrons. The lowest BCUT2D eigenvalue weighted by atomic mass is 10.1. The van der Waals surface area contributed by atoms with E-state index in [1.165, 1.54) is 0 Å². The minimum absolute atomic E-state index is 0.0474. The summed E-state index contributed by atoms with van der Waals surface area (Å²) in [7, 11) is 0. The summed E-state index contributed by atoms with van der Waals surface area (Å²) >= 11 is 0. The van der Waals surface area contributed by atoms with Gasteiger partial charge in [-0.2, -0.15) is 0 Å². The van der Waals surface area contributed by atoms with E-state index in [-0.39, 0.29) is 11.7 Å². The Hall–Kier alpha value is -2.96. The molecule has 0 bridgehead atoms. The summed E-state index contributed by atoms with van der Waals surface area (Å²) < 4.78 is 10.7. The summed E-state index contributed by atoms with van der Waals surface area (Å²) in [5, 5.41) is 18.7.